The van der Waals surface area contributed by atoms with Gasteiger partial charge in [0.1, 0.15) is 21.5 Å². The number of aromatic nitrogens is 2. The third-order valence-corrected chi connectivity index (χ3v) is 7.09. The van der Waals surface area contributed by atoms with Gasteiger partial charge < -0.3 is 20.1 Å². The molecule has 1 fully saturated rings. The number of fused-ring (bicyclic) bond motifs is 1. The van der Waals surface area contributed by atoms with E-state index in [0.29, 0.717) is 23.0 Å². The minimum absolute atomic E-state index is 0.0749. The quantitative estimate of drug-likeness (QED) is 0.466. The molecule has 2 heterocycles. The number of hydroxylamine groups is 1. The van der Waals surface area contributed by atoms with E-state index in [1.165, 1.54) is 32.3 Å². The summed E-state index contributed by atoms with van der Waals surface area (Å²) in [5, 5.41) is 7.60. The van der Waals surface area contributed by atoms with E-state index in [0.717, 1.165) is 30.7 Å². The van der Waals surface area contributed by atoms with Crippen LogP contribution in [-0.4, -0.2) is 55.3 Å². The van der Waals surface area contributed by atoms with Gasteiger partial charge in [-0.25, -0.2) is 9.78 Å². The fourth-order valence-corrected chi connectivity index (χ4v) is 5.23. The first-order chi connectivity index (χ1) is 17.8. The topological polar surface area (TPSA) is 118 Å². The van der Waals surface area contributed by atoms with Gasteiger partial charge in [-0.3, -0.25) is 14.5 Å². The number of ether oxygens (including phenoxy) is 2. The molecule has 4 rings (SSSR count). The number of halogens is 2. The van der Waals surface area contributed by atoms with Crippen molar-refractivity contribution in [3.63, 3.8) is 0 Å². The molecule has 0 spiro atoms. The van der Waals surface area contributed by atoms with Crippen molar-refractivity contribution in [1.82, 2.24) is 15.3 Å². The fraction of sp³-hybridized carbons (Fsp3) is 0.417. The number of nitrogens with one attached hydrogen (secondary N) is 2. The Balaban J connectivity index is 1.66. The van der Waals surface area contributed by atoms with Gasteiger partial charge in [-0.2, -0.15) is 10.0 Å². The second kappa shape index (κ2) is 11.4. The second-order valence-electron chi connectivity index (χ2n) is 8.50. The first kappa shape index (κ1) is 26.8. The summed E-state index contributed by atoms with van der Waals surface area (Å²) in [6.07, 6.45) is 6.53. The molecule has 0 bridgehead atoms. The summed E-state index contributed by atoms with van der Waals surface area (Å²) in [7, 11) is 4.27. The lowest BCUT2D eigenvalue weighted by Crippen LogP contribution is -2.49. The van der Waals surface area contributed by atoms with Crippen LogP contribution in [0.2, 0.25) is 10.0 Å². The van der Waals surface area contributed by atoms with Crippen molar-refractivity contribution in [1.29, 1.82) is 0 Å². The Hall–Kier alpha value is -3.28. The number of anilines is 3. The fourth-order valence-electron chi connectivity index (χ4n) is 4.53. The zero-order valence-electron chi connectivity index (χ0n) is 20.7. The average molecular weight is 551 g/mol. The Morgan fingerprint density at radius 1 is 1.14 bits per heavy atom. The Morgan fingerprint density at radius 2 is 1.78 bits per heavy atom. The van der Waals surface area contributed by atoms with Crippen LogP contribution in [0.25, 0.3) is 0 Å². The van der Waals surface area contributed by atoms with Crippen LogP contribution in [0, 0.1) is 0 Å². The van der Waals surface area contributed by atoms with E-state index in [4.69, 9.17) is 37.5 Å². The molecular weight excluding hydrogens is 523 g/mol. The van der Waals surface area contributed by atoms with Gasteiger partial charge in [0, 0.05) is 29.9 Å². The molecule has 1 aromatic carbocycles. The highest BCUT2D eigenvalue weighted by molar-refractivity contribution is 6.42. The number of urea groups is 1. The van der Waals surface area contributed by atoms with Gasteiger partial charge in [0.05, 0.1) is 33.6 Å². The molecule has 1 aliphatic heterocycles. The van der Waals surface area contributed by atoms with E-state index in [-0.39, 0.29) is 46.1 Å². The number of methoxy groups -OCH3 is 2. The summed E-state index contributed by atoms with van der Waals surface area (Å²) in [5.74, 6) is 0.952. The molecule has 1 saturated carbocycles. The number of carbonyl (C=O) groups is 2. The molecular formula is C24H28Cl2N6O5. The number of hydrogen-bond acceptors (Lipinski definition) is 8. The molecule has 2 atom stereocenters. The molecule has 1 aliphatic carbocycles. The highest BCUT2D eigenvalue weighted by atomic mass is 35.5. The predicted molar refractivity (Wildman–Crippen MR) is 141 cm³/mol. The van der Waals surface area contributed by atoms with E-state index < -0.39 is 6.03 Å². The number of amides is 3. The Kier molecular flexibility index (Phi) is 8.25. The van der Waals surface area contributed by atoms with Crippen LogP contribution in [0.4, 0.5) is 22.2 Å². The molecule has 2 aliphatic rings. The highest BCUT2D eigenvalue weighted by Crippen LogP contribution is 2.48. The van der Waals surface area contributed by atoms with Crippen LogP contribution in [0.15, 0.2) is 24.9 Å². The van der Waals surface area contributed by atoms with Crippen LogP contribution in [0.3, 0.4) is 0 Å². The van der Waals surface area contributed by atoms with E-state index in [1.807, 2.05) is 0 Å². The van der Waals surface area contributed by atoms with Gasteiger partial charge in [-0.1, -0.05) is 42.6 Å². The van der Waals surface area contributed by atoms with Crippen molar-refractivity contribution in [3.8, 4) is 11.5 Å². The van der Waals surface area contributed by atoms with Gasteiger partial charge in [0.25, 0.3) is 0 Å². The zero-order chi connectivity index (χ0) is 26.7. The summed E-state index contributed by atoms with van der Waals surface area (Å²) in [6, 6.07) is 0.806. The summed E-state index contributed by atoms with van der Waals surface area (Å²) in [4.78, 5) is 41.2. The van der Waals surface area contributed by atoms with E-state index >= 15 is 0 Å². The second-order valence-corrected chi connectivity index (χ2v) is 9.26. The van der Waals surface area contributed by atoms with Crippen LogP contribution in [0.1, 0.15) is 31.2 Å². The molecule has 37 heavy (non-hydrogen) atoms. The summed E-state index contributed by atoms with van der Waals surface area (Å²) in [5.41, 5.74) is 0.809. The molecule has 198 valence electrons. The molecule has 0 saturated heterocycles. The zero-order valence-corrected chi connectivity index (χ0v) is 22.2. The van der Waals surface area contributed by atoms with Crippen LogP contribution >= 0.6 is 23.2 Å². The first-order valence-electron chi connectivity index (χ1n) is 11.6. The van der Waals surface area contributed by atoms with Crippen LogP contribution in [0.5, 0.6) is 11.5 Å². The number of carbonyl (C=O) groups excluding carboxylic acids is 2. The lowest BCUT2D eigenvalue weighted by molar-refractivity contribution is -0.117. The van der Waals surface area contributed by atoms with Crippen molar-refractivity contribution in [2.24, 2.45) is 0 Å². The Labute approximate surface area is 224 Å². The lowest BCUT2D eigenvalue weighted by atomic mass is 9.90. The molecule has 13 heteroatoms. The normalized spacial score (nSPS) is 19.2. The monoisotopic (exact) mass is 550 g/mol. The average Bonchev–Trinajstić information content (AvgIpc) is 2.90. The Morgan fingerprint density at radius 3 is 2.38 bits per heavy atom. The number of nitrogens with zero attached hydrogens (tertiary/aromatic N) is 4. The third kappa shape index (κ3) is 5.25. The van der Waals surface area contributed by atoms with E-state index in [1.54, 1.807) is 12.3 Å². The van der Waals surface area contributed by atoms with Gasteiger partial charge in [-0.15, -0.1) is 0 Å². The smallest absolute Gasteiger partial charge is 0.355 e. The predicted octanol–water partition coefficient (Wildman–Crippen LogP) is 4.33. The minimum Gasteiger partial charge on any atom is -0.495 e. The van der Waals surface area contributed by atoms with Crippen molar-refractivity contribution < 1.29 is 23.9 Å². The molecule has 0 radical (unpaired) electrons. The molecule has 2 unspecified atom stereocenters. The van der Waals surface area contributed by atoms with Crippen molar-refractivity contribution >= 4 is 52.6 Å². The molecule has 3 amide bonds. The molecule has 2 aromatic rings. The van der Waals surface area contributed by atoms with E-state index in [9.17, 15) is 9.59 Å². The first-order valence-corrected chi connectivity index (χ1v) is 12.4. The van der Waals surface area contributed by atoms with Crippen molar-refractivity contribution in [3.05, 3.63) is 40.5 Å². The maximum Gasteiger partial charge on any atom is 0.355 e. The summed E-state index contributed by atoms with van der Waals surface area (Å²) >= 11 is 13.1. The number of hydrogen-bond donors (Lipinski definition) is 2. The summed E-state index contributed by atoms with van der Waals surface area (Å²) < 4.78 is 10.7. The maximum atomic E-state index is 13.5. The van der Waals surface area contributed by atoms with Crippen LogP contribution < -0.4 is 30.1 Å². The summed E-state index contributed by atoms with van der Waals surface area (Å²) in [6.45, 7) is 3.60. The minimum atomic E-state index is -0.562. The van der Waals surface area contributed by atoms with Crippen molar-refractivity contribution in [2.75, 3.05) is 36.6 Å². The molecule has 2 N–H and O–H groups in total. The lowest BCUT2D eigenvalue weighted by Gasteiger charge is -2.36. The van der Waals surface area contributed by atoms with E-state index in [2.05, 4.69) is 27.2 Å². The molecule has 1 aromatic heterocycles. The van der Waals surface area contributed by atoms with Gasteiger partial charge in [-0.05, 0) is 18.9 Å². The number of benzene rings is 1. The van der Waals surface area contributed by atoms with Gasteiger partial charge in [0.15, 0.2) is 5.82 Å². The number of rotatable bonds is 8. The van der Waals surface area contributed by atoms with Gasteiger partial charge >= 0.3 is 6.03 Å². The Bertz CT molecular complexity index is 1180. The van der Waals surface area contributed by atoms with Crippen molar-refractivity contribution in [2.45, 2.75) is 44.3 Å². The highest BCUT2D eigenvalue weighted by Gasteiger charge is 2.37. The largest absolute Gasteiger partial charge is 0.495 e. The SMILES string of the molecule is C=CC(=O)NC1CCCCC1Nc1ncc2c(n1)N(OC)C(=O)N(c1c(Cl)c(OC)cc(OC)c1Cl)C2. The standard InChI is InChI=1S/C24H28Cl2N6O5/c1-5-18(33)28-14-8-6-7-9-15(14)29-23-27-11-13-12-31(24(34)32(37-4)22(13)30-23)21-19(25)16(35-2)10-17(36-3)20(21)26/h5,10-11,14-15H,1,6-9,12H2,2-4H3,(H,28,33)(H,27,29,30). The molecule has 11 nitrogen and oxygen atoms in total. The van der Waals surface area contributed by atoms with Gasteiger partial charge in [0.2, 0.25) is 11.9 Å². The third-order valence-electron chi connectivity index (χ3n) is 6.36. The van der Waals surface area contributed by atoms with Crippen LogP contribution in [-0.2, 0) is 16.2 Å². The maximum absolute atomic E-state index is 13.5.